The van der Waals surface area contributed by atoms with Crippen LogP contribution < -0.4 is 10.6 Å². The fourth-order valence-corrected chi connectivity index (χ4v) is 5.57. The minimum absolute atomic E-state index is 0.134. The number of thiazole rings is 2. The van der Waals surface area contributed by atoms with E-state index in [1.807, 2.05) is 19.2 Å². The first-order valence-corrected chi connectivity index (χ1v) is 11.9. The average Bonchev–Trinajstić information content (AvgIpc) is 3.33. The number of aromatic nitrogens is 3. The molecule has 0 aromatic carbocycles. The Morgan fingerprint density at radius 3 is 2.48 bits per heavy atom. The van der Waals surface area contributed by atoms with Crippen LogP contribution in [0, 0.1) is 13.8 Å². The first-order valence-electron chi connectivity index (χ1n) is 10.2. The number of hydrogen-bond donors (Lipinski definition) is 2. The Labute approximate surface area is 187 Å². The Kier molecular flexibility index (Phi) is 6.32. The zero-order valence-electron chi connectivity index (χ0n) is 17.3. The quantitative estimate of drug-likeness (QED) is 0.441. The lowest BCUT2D eigenvalue weighted by Gasteiger charge is -2.39. The lowest BCUT2D eigenvalue weighted by Crippen LogP contribution is -2.57. The second-order valence-corrected chi connectivity index (χ2v) is 9.92. The molecule has 1 aliphatic carbocycles. The number of alkyl halides is 3. The molecule has 3 aromatic heterocycles. The third-order valence-electron chi connectivity index (χ3n) is 5.58. The molecular weight excluding hydrogens is 443 g/mol. The van der Waals surface area contributed by atoms with Crippen LogP contribution >= 0.6 is 22.7 Å². The highest BCUT2D eigenvalue weighted by Crippen LogP contribution is 2.41. The van der Waals surface area contributed by atoms with Gasteiger partial charge in [-0.25, -0.2) is 15.0 Å². The van der Waals surface area contributed by atoms with E-state index < -0.39 is 11.7 Å². The highest BCUT2D eigenvalue weighted by atomic mass is 32.1. The summed E-state index contributed by atoms with van der Waals surface area (Å²) < 4.78 is 41.0. The van der Waals surface area contributed by atoms with E-state index in [0.29, 0.717) is 23.8 Å². The standard InChI is InChI=1S/C21H24F3N5S2/c1-13-18(31-14(2)27-13)16-12-30-19(28-16)29-17-7-6-15(10-25-17)11-26-20(21(22,23)24)8-4-3-5-9-20/h6-7,10,12,26H,3-5,8-9,11H2,1-2H3,(H,25,28,29). The highest BCUT2D eigenvalue weighted by Gasteiger charge is 2.54. The molecule has 166 valence electrons. The van der Waals surface area contributed by atoms with Crippen LogP contribution in [-0.2, 0) is 6.54 Å². The molecular formula is C21H24F3N5S2. The fraction of sp³-hybridized carbons (Fsp3) is 0.476. The molecule has 1 saturated carbocycles. The van der Waals surface area contributed by atoms with E-state index in [1.54, 1.807) is 29.7 Å². The number of anilines is 2. The molecule has 10 heteroatoms. The molecule has 4 rings (SSSR count). The number of halogens is 3. The van der Waals surface area contributed by atoms with Gasteiger partial charge in [-0.3, -0.25) is 5.32 Å². The predicted molar refractivity (Wildman–Crippen MR) is 119 cm³/mol. The SMILES string of the molecule is Cc1nc(C)c(-c2csc(Nc3ccc(CNC4(C(F)(F)F)CCCCC4)cn3)n2)s1. The Hall–Kier alpha value is -2.04. The van der Waals surface area contributed by atoms with E-state index >= 15 is 0 Å². The van der Waals surface area contributed by atoms with E-state index in [0.717, 1.165) is 33.3 Å². The molecule has 5 nitrogen and oxygen atoms in total. The summed E-state index contributed by atoms with van der Waals surface area (Å²) in [5.41, 5.74) is 0.771. The third-order valence-corrected chi connectivity index (χ3v) is 7.43. The van der Waals surface area contributed by atoms with Gasteiger partial charge >= 0.3 is 6.18 Å². The van der Waals surface area contributed by atoms with Gasteiger partial charge in [-0.05, 0) is 38.3 Å². The van der Waals surface area contributed by atoms with Gasteiger partial charge in [0.1, 0.15) is 11.4 Å². The minimum Gasteiger partial charge on any atom is -0.316 e. The van der Waals surface area contributed by atoms with E-state index in [2.05, 4.69) is 25.6 Å². The summed E-state index contributed by atoms with van der Waals surface area (Å²) in [5.74, 6) is 0.602. The predicted octanol–water partition coefficient (Wildman–Crippen LogP) is 6.38. The second-order valence-electron chi connectivity index (χ2n) is 7.86. The van der Waals surface area contributed by atoms with Crippen molar-refractivity contribution in [2.75, 3.05) is 5.32 Å². The lowest BCUT2D eigenvalue weighted by molar-refractivity contribution is -0.206. The average molecular weight is 468 g/mol. The Bertz CT molecular complexity index is 1020. The van der Waals surface area contributed by atoms with Crippen LogP contribution in [-0.4, -0.2) is 26.7 Å². The van der Waals surface area contributed by atoms with Crippen molar-refractivity contribution in [2.45, 2.75) is 64.2 Å². The van der Waals surface area contributed by atoms with Gasteiger partial charge in [0.15, 0.2) is 5.13 Å². The fourth-order valence-electron chi connectivity index (χ4n) is 3.90. The van der Waals surface area contributed by atoms with Crippen LogP contribution in [0.5, 0.6) is 0 Å². The molecule has 3 heterocycles. The molecule has 0 atom stereocenters. The molecule has 1 fully saturated rings. The van der Waals surface area contributed by atoms with Gasteiger partial charge in [0.2, 0.25) is 0 Å². The van der Waals surface area contributed by atoms with Crippen LogP contribution in [0.2, 0.25) is 0 Å². The zero-order valence-corrected chi connectivity index (χ0v) is 19.0. The molecule has 0 bridgehead atoms. The number of nitrogens with one attached hydrogen (secondary N) is 2. The number of pyridine rings is 1. The molecule has 1 aliphatic rings. The second kappa shape index (κ2) is 8.84. The first kappa shape index (κ1) is 22.2. The topological polar surface area (TPSA) is 62.7 Å². The van der Waals surface area contributed by atoms with Gasteiger partial charge < -0.3 is 5.32 Å². The summed E-state index contributed by atoms with van der Waals surface area (Å²) in [4.78, 5) is 14.4. The van der Waals surface area contributed by atoms with Gasteiger partial charge in [0.05, 0.1) is 21.3 Å². The van der Waals surface area contributed by atoms with Gasteiger partial charge in [-0.15, -0.1) is 22.7 Å². The maximum absolute atomic E-state index is 13.7. The first-order chi connectivity index (χ1) is 14.8. The molecule has 0 aliphatic heterocycles. The summed E-state index contributed by atoms with van der Waals surface area (Å²) in [6.45, 7) is 4.08. The largest absolute Gasteiger partial charge is 0.406 e. The summed E-state index contributed by atoms with van der Waals surface area (Å²) in [5, 5.41) is 9.63. The van der Waals surface area contributed by atoms with Crippen molar-refractivity contribution in [1.29, 1.82) is 0 Å². The van der Waals surface area contributed by atoms with Crippen LogP contribution in [0.4, 0.5) is 24.1 Å². The van der Waals surface area contributed by atoms with Crippen molar-refractivity contribution in [3.05, 3.63) is 40.0 Å². The van der Waals surface area contributed by atoms with Crippen LogP contribution in [0.3, 0.4) is 0 Å². The van der Waals surface area contributed by atoms with Crippen molar-refractivity contribution in [3.63, 3.8) is 0 Å². The van der Waals surface area contributed by atoms with E-state index in [9.17, 15) is 13.2 Å². The maximum atomic E-state index is 13.7. The Morgan fingerprint density at radius 2 is 1.87 bits per heavy atom. The molecule has 0 amide bonds. The van der Waals surface area contributed by atoms with Crippen molar-refractivity contribution in [2.24, 2.45) is 0 Å². The van der Waals surface area contributed by atoms with E-state index in [4.69, 9.17) is 0 Å². The van der Waals surface area contributed by atoms with Crippen molar-refractivity contribution >= 4 is 33.6 Å². The third kappa shape index (κ3) is 4.91. The summed E-state index contributed by atoms with van der Waals surface area (Å²) in [6, 6.07) is 3.56. The van der Waals surface area contributed by atoms with Gasteiger partial charge in [0, 0.05) is 18.1 Å². The van der Waals surface area contributed by atoms with Crippen molar-refractivity contribution in [1.82, 2.24) is 20.3 Å². The molecule has 3 aromatic rings. The summed E-state index contributed by atoms with van der Waals surface area (Å²) in [7, 11) is 0. The Balaban J connectivity index is 1.39. The summed E-state index contributed by atoms with van der Waals surface area (Å²) in [6.07, 6.45) is -0.313. The number of aryl methyl sites for hydroxylation is 2. The lowest BCUT2D eigenvalue weighted by atomic mass is 9.81. The smallest absolute Gasteiger partial charge is 0.316 e. The summed E-state index contributed by atoms with van der Waals surface area (Å²) >= 11 is 3.08. The molecule has 31 heavy (non-hydrogen) atoms. The minimum atomic E-state index is -4.25. The molecule has 0 unspecified atom stereocenters. The molecule has 0 radical (unpaired) electrons. The van der Waals surface area contributed by atoms with Crippen LogP contribution in [0.25, 0.3) is 10.6 Å². The maximum Gasteiger partial charge on any atom is 0.406 e. The molecule has 0 saturated heterocycles. The zero-order chi connectivity index (χ0) is 22.1. The number of hydrogen-bond acceptors (Lipinski definition) is 7. The van der Waals surface area contributed by atoms with E-state index in [1.165, 1.54) is 11.3 Å². The van der Waals surface area contributed by atoms with Gasteiger partial charge in [0.25, 0.3) is 0 Å². The Morgan fingerprint density at radius 1 is 1.10 bits per heavy atom. The van der Waals surface area contributed by atoms with Crippen LogP contribution in [0.15, 0.2) is 23.7 Å². The number of rotatable bonds is 6. The van der Waals surface area contributed by atoms with Gasteiger partial charge in [-0.1, -0.05) is 25.3 Å². The van der Waals surface area contributed by atoms with Crippen molar-refractivity contribution in [3.8, 4) is 10.6 Å². The monoisotopic (exact) mass is 467 g/mol. The molecule has 0 spiro atoms. The normalized spacial score (nSPS) is 16.4. The highest BCUT2D eigenvalue weighted by molar-refractivity contribution is 7.16. The van der Waals surface area contributed by atoms with E-state index in [-0.39, 0.29) is 19.4 Å². The number of nitrogens with zero attached hydrogens (tertiary/aromatic N) is 3. The van der Waals surface area contributed by atoms with Gasteiger partial charge in [-0.2, -0.15) is 13.2 Å². The van der Waals surface area contributed by atoms with Crippen LogP contribution in [0.1, 0.15) is 48.4 Å². The molecule has 2 N–H and O–H groups in total. The van der Waals surface area contributed by atoms with Crippen molar-refractivity contribution < 1.29 is 13.2 Å².